The van der Waals surface area contributed by atoms with Crippen LogP contribution in [0.1, 0.15) is 22.3 Å². The van der Waals surface area contributed by atoms with E-state index in [9.17, 15) is 4.79 Å². The lowest BCUT2D eigenvalue weighted by molar-refractivity contribution is 0.0357. The number of rotatable bonds is 7. The Bertz CT molecular complexity index is 1100. The highest BCUT2D eigenvalue weighted by Crippen LogP contribution is 2.43. The number of morpholine rings is 1. The molecule has 2 aromatic rings. The van der Waals surface area contributed by atoms with Crippen molar-refractivity contribution < 1.29 is 19.0 Å². The highest BCUT2D eigenvalue weighted by Gasteiger charge is 2.33. The summed E-state index contributed by atoms with van der Waals surface area (Å²) < 4.78 is 17.2. The van der Waals surface area contributed by atoms with Gasteiger partial charge >= 0.3 is 0 Å². The molecule has 1 aromatic carbocycles. The molecular formula is C23H27N7O4. The molecule has 5 rings (SSSR count). The number of methoxy groups -OCH3 is 1. The number of aromatic nitrogens is 2. The molecule has 11 heteroatoms. The van der Waals surface area contributed by atoms with Gasteiger partial charge in [-0.15, -0.1) is 0 Å². The standard InChI is InChI=1S/C23H27N7O4/c1-32-20-18(34-10-2-6-29-8-11-33-12-9-29)4-3-17-19(20)27-23(30-7-5-26-21(17)30)28-22(31)16-13-24-15-25-14-16/h3-4,13-15H,2,5-12H2,1H3,(H,27,28,31). The minimum atomic E-state index is -0.344. The van der Waals surface area contributed by atoms with Gasteiger partial charge in [0.15, 0.2) is 11.5 Å². The van der Waals surface area contributed by atoms with Crippen molar-refractivity contribution in [2.45, 2.75) is 6.42 Å². The lowest BCUT2D eigenvalue weighted by atomic mass is 10.1. The number of hydrogen-bond acceptors (Lipinski definition) is 10. The molecule has 3 aliphatic heterocycles. The average Bonchev–Trinajstić information content (AvgIpc) is 3.38. The van der Waals surface area contributed by atoms with Crippen molar-refractivity contribution in [3.63, 3.8) is 0 Å². The molecule has 1 saturated heterocycles. The topological polar surface area (TPSA) is 114 Å². The van der Waals surface area contributed by atoms with Crippen molar-refractivity contribution in [3.8, 4) is 11.5 Å². The number of ether oxygens (including phenoxy) is 3. The number of guanidine groups is 1. The highest BCUT2D eigenvalue weighted by molar-refractivity contribution is 6.20. The Labute approximate surface area is 197 Å². The Balaban J connectivity index is 1.35. The smallest absolute Gasteiger partial charge is 0.261 e. The SMILES string of the molecule is COc1c(OCCCN2CCOCC2)ccc2c1N=C(NC(=O)c1cncnc1)N1CCN=C21. The van der Waals surface area contributed by atoms with Crippen LogP contribution in [0.5, 0.6) is 11.5 Å². The van der Waals surface area contributed by atoms with E-state index in [0.29, 0.717) is 48.4 Å². The Morgan fingerprint density at radius 3 is 2.79 bits per heavy atom. The minimum Gasteiger partial charge on any atom is -0.491 e. The van der Waals surface area contributed by atoms with Crippen molar-refractivity contribution in [1.29, 1.82) is 0 Å². The highest BCUT2D eigenvalue weighted by atomic mass is 16.5. The predicted molar refractivity (Wildman–Crippen MR) is 125 cm³/mol. The van der Waals surface area contributed by atoms with E-state index >= 15 is 0 Å². The molecule has 1 aromatic heterocycles. The van der Waals surface area contributed by atoms with E-state index in [1.807, 2.05) is 17.0 Å². The van der Waals surface area contributed by atoms with Crippen LogP contribution < -0.4 is 14.8 Å². The summed E-state index contributed by atoms with van der Waals surface area (Å²) in [6, 6.07) is 3.84. The van der Waals surface area contributed by atoms with Gasteiger partial charge in [-0.05, 0) is 18.6 Å². The molecule has 34 heavy (non-hydrogen) atoms. The third-order valence-electron chi connectivity index (χ3n) is 5.88. The van der Waals surface area contributed by atoms with Crippen LogP contribution in [0.25, 0.3) is 0 Å². The van der Waals surface area contributed by atoms with Crippen LogP contribution >= 0.6 is 0 Å². The molecule has 11 nitrogen and oxygen atoms in total. The van der Waals surface area contributed by atoms with E-state index in [-0.39, 0.29) is 5.91 Å². The van der Waals surface area contributed by atoms with Gasteiger partial charge in [0, 0.05) is 44.1 Å². The van der Waals surface area contributed by atoms with Gasteiger partial charge in [-0.1, -0.05) is 0 Å². The van der Waals surface area contributed by atoms with E-state index < -0.39 is 0 Å². The van der Waals surface area contributed by atoms with Gasteiger partial charge in [0.1, 0.15) is 17.9 Å². The summed E-state index contributed by atoms with van der Waals surface area (Å²) >= 11 is 0. The van der Waals surface area contributed by atoms with Crippen LogP contribution in [0.15, 0.2) is 40.8 Å². The number of amides is 1. The first-order chi connectivity index (χ1) is 16.7. The minimum absolute atomic E-state index is 0.344. The van der Waals surface area contributed by atoms with Crippen molar-refractivity contribution in [2.75, 3.05) is 59.7 Å². The molecule has 0 atom stereocenters. The van der Waals surface area contributed by atoms with E-state index in [4.69, 9.17) is 19.2 Å². The van der Waals surface area contributed by atoms with Crippen LogP contribution in [0.4, 0.5) is 5.69 Å². The zero-order valence-corrected chi connectivity index (χ0v) is 19.1. The quantitative estimate of drug-likeness (QED) is 0.605. The molecule has 0 aliphatic carbocycles. The zero-order valence-electron chi connectivity index (χ0n) is 19.1. The monoisotopic (exact) mass is 465 g/mol. The maximum absolute atomic E-state index is 12.7. The second kappa shape index (κ2) is 10.1. The number of aliphatic imine (C=N–C) groups is 2. The maximum Gasteiger partial charge on any atom is 0.261 e. The largest absolute Gasteiger partial charge is 0.491 e. The zero-order chi connectivity index (χ0) is 23.3. The number of carbonyl (C=O) groups is 1. The summed E-state index contributed by atoms with van der Waals surface area (Å²) in [5.41, 5.74) is 1.78. The maximum atomic E-state index is 12.7. The lowest BCUT2D eigenvalue weighted by Crippen LogP contribution is -2.47. The molecule has 1 N–H and O–H groups in total. The third-order valence-corrected chi connectivity index (χ3v) is 5.88. The van der Waals surface area contributed by atoms with E-state index in [2.05, 4.69) is 25.2 Å². The molecule has 0 unspecified atom stereocenters. The molecule has 0 radical (unpaired) electrons. The van der Waals surface area contributed by atoms with Crippen molar-refractivity contribution in [2.24, 2.45) is 9.98 Å². The summed E-state index contributed by atoms with van der Waals surface area (Å²) in [5.74, 6) is 1.93. The molecule has 4 heterocycles. The third kappa shape index (κ3) is 4.57. The Morgan fingerprint density at radius 1 is 1.18 bits per heavy atom. The molecule has 1 amide bonds. The van der Waals surface area contributed by atoms with Gasteiger partial charge in [-0.3, -0.25) is 24.9 Å². The molecule has 1 fully saturated rings. The lowest BCUT2D eigenvalue weighted by Gasteiger charge is -2.28. The summed E-state index contributed by atoms with van der Waals surface area (Å²) in [6.45, 7) is 6.24. The van der Waals surface area contributed by atoms with Crippen LogP contribution in [0.3, 0.4) is 0 Å². The van der Waals surface area contributed by atoms with Crippen LogP contribution in [-0.2, 0) is 4.74 Å². The molecule has 3 aliphatic rings. The van der Waals surface area contributed by atoms with Crippen LogP contribution in [0, 0.1) is 0 Å². The van der Waals surface area contributed by atoms with Crippen molar-refractivity contribution in [1.82, 2.24) is 25.1 Å². The molecule has 0 spiro atoms. The van der Waals surface area contributed by atoms with E-state index in [1.54, 1.807) is 7.11 Å². The van der Waals surface area contributed by atoms with Crippen LogP contribution in [-0.4, -0.2) is 97.1 Å². The summed E-state index contributed by atoms with van der Waals surface area (Å²) in [4.78, 5) is 34.2. The van der Waals surface area contributed by atoms with Crippen molar-refractivity contribution >= 4 is 23.4 Å². The van der Waals surface area contributed by atoms with Gasteiger partial charge in [0.25, 0.3) is 5.91 Å². The normalized spacial score (nSPS) is 17.4. The molecule has 0 saturated carbocycles. The first-order valence-corrected chi connectivity index (χ1v) is 11.4. The molecular weight excluding hydrogens is 438 g/mol. The number of hydrogen-bond donors (Lipinski definition) is 1. The van der Waals surface area contributed by atoms with E-state index in [1.165, 1.54) is 18.7 Å². The average molecular weight is 466 g/mol. The number of carbonyl (C=O) groups excluding carboxylic acids is 1. The Hall–Kier alpha value is -3.57. The first-order valence-electron chi connectivity index (χ1n) is 11.4. The summed E-state index contributed by atoms with van der Waals surface area (Å²) in [5, 5.41) is 2.87. The van der Waals surface area contributed by atoms with Gasteiger partial charge < -0.3 is 14.2 Å². The van der Waals surface area contributed by atoms with Gasteiger partial charge in [-0.25, -0.2) is 15.0 Å². The second-order valence-corrected chi connectivity index (χ2v) is 8.02. The summed E-state index contributed by atoms with van der Waals surface area (Å²) in [7, 11) is 1.59. The van der Waals surface area contributed by atoms with E-state index in [0.717, 1.165) is 50.7 Å². The number of nitrogens with one attached hydrogen (secondary N) is 1. The molecule has 178 valence electrons. The van der Waals surface area contributed by atoms with Crippen LogP contribution in [0.2, 0.25) is 0 Å². The number of benzene rings is 1. The number of fused-ring (bicyclic) bond motifs is 3. The predicted octanol–water partition coefficient (Wildman–Crippen LogP) is 1.08. The van der Waals surface area contributed by atoms with Gasteiger partial charge in [0.05, 0.1) is 39.0 Å². The van der Waals surface area contributed by atoms with Crippen molar-refractivity contribution in [3.05, 3.63) is 42.0 Å². The number of amidine groups is 1. The molecule has 0 bridgehead atoms. The Kier molecular flexibility index (Phi) is 6.63. The first kappa shape index (κ1) is 22.2. The fourth-order valence-corrected chi connectivity index (χ4v) is 4.19. The van der Waals surface area contributed by atoms with Gasteiger partial charge in [0.2, 0.25) is 5.96 Å². The van der Waals surface area contributed by atoms with Gasteiger partial charge in [-0.2, -0.15) is 0 Å². The second-order valence-electron chi connectivity index (χ2n) is 8.02. The fourth-order valence-electron chi connectivity index (χ4n) is 4.19. The fraction of sp³-hybridized carbons (Fsp3) is 0.435. The number of nitrogens with zero attached hydrogens (tertiary/aromatic N) is 6. The Morgan fingerprint density at radius 2 is 2.00 bits per heavy atom. The summed E-state index contributed by atoms with van der Waals surface area (Å²) in [6.07, 6.45) is 5.19.